The second kappa shape index (κ2) is 13.4. The molecular formula is C30H27Cl2N3O6S2. The van der Waals surface area contributed by atoms with Crippen LogP contribution in [0.4, 0.5) is 5.13 Å². The average molecular weight is 661 g/mol. The third-order valence-electron chi connectivity index (χ3n) is 6.62. The molecule has 0 bridgehead atoms. The normalized spacial score (nSPS) is 15.1. The molecule has 2 aromatic carbocycles. The molecular weight excluding hydrogens is 633 g/mol. The van der Waals surface area contributed by atoms with Gasteiger partial charge in [0.25, 0.3) is 5.91 Å². The van der Waals surface area contributed by atoms with Crippen molar-refractivity contribution >= 4 is 63.1 Å². The molecule has 0 spiro atoms. The Bertz CT molecular complexity index is 1670. The van der Waals surface area contributed by atoms with Crippen LogP contribution in [0, 0.1) is 5.92 Å². The summed E-state index contributed by atoms with van der Waals surface area (Å²) in [7, 11) is 1.51. The molecule has 1 unspecified atom stereocenters. The fourth-order valence-electron chi connectivity index (χ4n) is 4.40. The number of hydrogen-bond donors (Lipinski definition) is 1. The van der Waals surface area contributed by atoms with Gasteiger partial charge < -0.3 is 19.0 Å². The zero-order chi connectivity index (χ0) is 30.7. The fraction of sp³-hybridized carbons (Fsp3) is 0.267. The minimum absolute atomic E-state index is 0.0184. The predicted octanol–water partition coefficient (Wildman–Crippen LogP) is 7.95. The van der Waals surface area contributed by atoms with Crippen molar-refractivity contribution in [3.05, 3.63) is 93.1 Å². The van der Waals surface area contributed by atoms with E-state index in [1.54, 1.807) is 36.4 Å². The summed E-state index contributed by atoms with van der Waals surface area (Å²) >= 11 is 14.9. The first-order valence-electron chi connectivity index (χ1n) is 13.2. The maximum Gasteiger partial charge on any atom is 0.296 e. The molecule has 0 fully saturated rings. The monoisotopic (exact) mass is 659 g/mol. The van der Waals surface area contributed by atoms with Crippen molar-refractivity contribution in [3.8, 4) is 11.5 Å². The van der Waals surface area contributed by atoms with Crippen LogP contribution in [0.25, 0.3) is 0 Å². The van der Waals surface area contributed by atoms with Gasteiger partial charge >= 0.3 is 0 Å². The van der Waals surface area contributed by atoms with Crippen molar-refractivity contribution in [3.63, 3.8) is 0 Å². The molecule has 1 aliphatic heterocycles. The number of hydrogen-bond acceptors (Lipinski definition) is 10. The molecule has 0 saturated carbocycles. The van der Waals surface area contributed by atoms with Gasteiger partial charge in [0.05, 0.1) is 31.6 Å². The van der Waals surface area contributed by atoms with E-state index >= 15 is 0 Å². The molecule has 3 heterocycles. The van der Waals surface area contributed by atoms with Crippen LogP contribution in [0.15, 0.2) is 74.9 Å². The van der Waals surface area contributed by atoms with Gasteiger partial charge in [-0.2, -0.15) is 0 Å². The van der Waals surface area contributed by atoms with Gasteiger partial charge in [0.1, 0.15) is 0 Å². The van der Waals surface area contributed by atoms with Crippen molar-refractivity contribution in [2.75, 3.05) is 18.6 Å². The summed E-state index contributed by atoms with van der Waals surface area (Å²) < 4.78 is 17.4. The molecule has 5 rings (SSSR count). The molecule has 2 aromatic heterocycles. The Hall–Kier alpha value is -3.51. The molecule has 0 saturated heterocycles. The van der Waals surface area contributed by atoms with E-state index in [1.165, 1.54) is 36.1 Å². The number of aliphatic hydroxyl groups is 1. The number of benzene rings is 2. The summed E-state index contributed by atoms with van der Waals surface area (Å²) in [4.78, 5) is 28.4. The van der Waals surface area contributed by atoms with E-state index in [0.29, 0.717) is 49.7 Å². The number of ketones is 1. The molecule has 0 aliphatic carbocycles. The molecule has 9 nitrogen and oxygen atoms in total. The molecule has 1 atom stereocenters. The van der Waals surface area contributed by atoms with E-state index in [4.69, 9.17) is 37.1 Å². The number of furan rings is 1. The average Bonchev–Trinajstić information content (AvgIpc) is 3.73. The second-order valence-corrected chi connectivity index (χ2v) is 13.0. The first-order chi connectivity index (χ1) is 20.7. The molecule has 4 aromatic rings. The summed E-state index contributed by atoms with van der Waals surface area (Å²) in [5.41, 5.74) is 1.21. The SMILES string of the molecule is COc1cc(C2C(C(=O)c3ccco3)=C(O)C(=O)N2c2nnc(SCc3ccc(Cl)cc3Cl)s2)ccc1OCCC(C)C. The largest absolute Gasteiger partial charge is 0.503 e. The van der Waals surface area contributed by atoms with Gasteiger partial charge in [-0.15, -0.1) is 10.2 Å². The Morgan fingerprint density at radius 2 is 1.98 bits per heavy atom. The van der Waals surface area contributed by atoms with Gasteiger partial charge in [-0.1, -0.05) is 72.3 Å². The van der Waals surface area contributed by atoms with Gasteiger partial charge in [-0.25, -0.2) is 0 Å². The lowest BCUT2D eigenvalue weighted by Gasteiger charge is -2.24. The Kier molecular flexibility index (Phi) is 9.65. The molecule has 1 aliphatic rings. The van der Waals surface area contributed by atoms with E-state index in [9.17, 15) is 14.7 Å². The molecule has 1 N–H and O–H groups in total. The molecule has 224 valence electrons. The van der Waals surface area contributed by atoms with Crippen LogP contribution in [0.5, 0.6) is 11.5 Å². The molecule has 0 radical (unpaired) electrons. The maximum atomic E-state index is 13.6. The van der Waals surface area contributed by atoms with Gasteiger partial charge in [0, 0.05) is 15.8 Å². The van der Waals surface area contributed by atoms with E-state index in [1.807, 2.05) is 6.07 Å². The lowest BCUT2D eigenvalue weighted by Crippen LogP contribution is -2.31. The molecule has 43 heavy (non-hydrogen) atoms. The van der Waals surface area contributed by atoms with Gasteiger partial charge in [0.2, 0.25) is 10.9 Å². The van der Waals surface area contributed by atoms with Crippen molar-refractivity contribution in [1.82, 2.24) is 10.2 Å². The zero-order valence-electron chi connectivity index (χ0n) is 23.4. The number of nitrogens with zero attached hydrogens (tertiary/aromatic N) is 3. The first-order valence-corrected chi connectivity index (χ1v) is 15.8. The predicted molar refractivity (Wildman–Crippen MR) is 167 cm³/mol. The number of aromatic nitrogens is 2. The van der Waals surface area contributed by atoms with Crippen molar-refractivity contribution in [1.29, 1.82) is 0 Å². The summed E-state index contributed by atoms with van der Waals surface area (Å²) in [6, 6.07) is 12.4. The minimum atomic E-state index is -1.04. The topological polar surface area (TPSA) is 115 Å². The Morgan fingerprint density at radius 1 is 1.16 bits per heavy atom. The van der Waals surface area contributed by atoms with E-state index in [-0.39, 0.29) is 16.5 Å². The Morgan fingerprint density at radius 3 is 2.67 bits per heavy atom. The third kappa shape index (κ3) is 6.70. The van der Waals surface area contributed by atoms with Crippen molar-refractivity contribution < 1.29 is 28.6 Å². The van der Waals surface area contributed by atoms with Gasteiger partial charge in [-0.3, -0.25) is 14.5 Å². The summed E-state index contributed by atoms with van der Waals surface area (Å²) in [5, 5.41) is 20.8. The Labute approximate surface area is 266 Å². The molecule has 1 amide bonds. The number of anilines is 1. The Balaban J connectivity index is 1.49. The van der Waals surface area contributed by atoms with E-state index < -0.39 is 23.5 Å². The highest BCUT2D eigenvalue weighted by Crippen LogP contribution is 2.45. The number of ether oxygens (including phenoxy) is 2. The van der Waals surface area contributed by atoms with Crippen molar-refractivity contribution in [2.24, 2.45) is 5.92 Å². The highest BCUT2D eigenvalue weighted by atomic mass is 35.5. The number of carbonyl (C=O) groups excluding carboxylic acids is 2. The standard InChI is InChI=1S/C30H27Cl2N3O6S2/c1-16(2)10-12-41-21-9-7-17(13-23(21)39-3)25-24(26(36)22-5-4-11-40-22)27(37)28(38)35(25)29-33-34-30(43-29)42-15-18-6-8-19(31)14-20(18)32/h4-9,11,13-14,16,25,37H,10,12,15H2,1-3H3. The van der Waals surface area contributed by atoms with Crippen LogP contribution >= 0.6 is 46.3 Å². The van der Waals surface area contributed by atoms with Crippen LogP contribution in [-0.4, -0.2) is 40.7 Å². The lowest BCUT2D eigenvalue weighted by atomic mass is 9.95. The highest BCUT2D eigenvalue weighted by Gasteiger charge is 2.47. The number of amides is 1. The van der Waals surface area contributed by atoms with Crippen LogP contribution < -0.4 is 14.4 Å². The number of methoxy groups -OCH3 is 1. The fourth-order valence-corrected chi connectivity index (χ4v) is 6.83. The highest BCUT2D eigenvalue weighted by molar-refractivity contribution is 8.00. The second-order valence-electron chi connectivity index (χ2n) is 9.96. The first kappa shape index (κ1) is 30.9. The number of Topliss-reactive ketones (excluding diaryl/α,β-unsaturated/α-hetero) is 1. The van der Waals surface area contributed by atoms with Crippen LogP contribution in [0.2, 0.25) is 10.0 Å². The van der Waals surface area contributed by atoms with Crippen molar-refractivity contribution in [2.45, 2.75) is 36.4 Å². The molecule has 13 heteroatoms. The smallest absolute Gasteiger partial charge is 0.296 e. The van der Waals surface area contributed by atoms with Crippen LogP contribution in [0.1, 0.15) is 48.0 Å². The summed E-state index contributed by atoms with van der Waals surface area (Å²) in [6.45, 7) is 4.71. The quantitative estimate of drug-likeness (QED) is 0.0919. The van der Waals surface area contributed by atoms with Crippen LogP contribution in [-0.2, 0) is 10.5 Å². The van der Waals surface area contributed by atoms with E-state index in [0.717, 1.165) is 23.3 Å². The maximum absolute atomic E-state index is 13.6. The number of carbonyl (C=O) groups is 2. The van der Waals surface area contributed by atoms with Crippen LogP contribution in [0.3, 0.4) is 0 Å². The number of halogens is 2. The van der Waals surface area contributed by atoms with Gasteiger partial charge in [0.15, 0.2) is 27.4 Å². The summed E-state index contributed by atoms with van der Waals surface area (Å²) in [5.74, 6) is -0.243. The zero-order valence-corrected chi connectivity index (χ0v) is 26.5. The summed E-state index contributed by atoms with van der Waals surface area (Å²) in [6.07, 6.45) is 2.21. The third-order valence-corrected chi connectivity index (χ3v) is 9.31. The number of thioether (sulfide) groups is 1. The number of rotatable bonds is 12. The van der Waals surface area contributed by atoms with E-state index in [2.05, 4.69) is 24.0 Å². The minimum Gasteiger partial charge on any atom is -0.503 e. The lowest BCUT2D eigenvalue weighted by molar-refractivity contribution is -0.117. The van der Waals surface area contributed by atoms with Gasteiger partial charge in [-0.05, 0) is 59.9 Å². The number of aliphatic hydroxyl groups excluding tert-OH is 1.